The van der Waals surface area contributed by atoms with Gasteiger partial charge in [-0.1, -0.05) is 0 Å². The number of rotatable bonds is 0. The van der Waals surface area contributed by atoms with Gasteiger partial charge in [0.05, 0.1) is 0 Å². The van der Waals surface area contributed by atoms with Gasteiger partial charge < -0.3 is 0 Å². The van der Waals surface area contributed by atoms with E-state index in [1.807, 2.05) is 0 Å². The highest BCUT2D eigenvalue weighted by Crippen LogP contribution is 2.29. The highest BCUT2D eigenvalue weighted by molar-refractivity contribution is 6.15. The van der Waals surface area contributed by atoms with Crippen LogP contribution in [0.25, 0.3) is 0 Å². The molecule has 0 heterocycles. The summed E-state index contributed by atoms with van der Waals surface area (Å²) in [7, 11) is 0. The lowest BCUT2D eigenvalue weighted by molar-refractivity contribution is -0.113. The minimum Gasteiger partial charge on any atom is -0.196 e. The average molecular weight is 201 g/mol. The second-order valence-electron chi connectivity index (χ2n) is 1.07. The average Bonchev–Trinajstić information content (AvgIpc) is 1.89. The van der Waals surface area contributed by atoms with Gasteiger partial charge in [-0.15, -0.1) is 11.6 Å². The molecule has 0 aromatic heterocycles. The molecule has 68 valence electrons. The van der Waals surface area contributed by atoms with Gasteiger partial charge in [-0.25, -0.2) is 0 Å². The van der Waals surface area contributed by atoms with Gasteiger partial charge in [0.2, 0.25) is 0 Å². The quantitative estimate of drug-likeness (QED) is 0.415. The Kier molecular flexibility index (Phi) is 6.35. The summed E-state index contributed by atoms with van der Waals surface area (Å²) in [5, 5.41) is 0. The van der Waals surface area contributed by atoms with E-state index in [1.54, 1.807) is 0 Å². The van der Waals surface area contributed by atoms with Crippen molar-refractivity contribution in [1.29, 1.82) is 0 Å². The molecule has 0 bridgehead atoms. The largest absolute Gasteiger partial charge is 0.448 e. The smallest absolute Gasteiger partial charge is 0.196 e. The zero-order chi connectivity index (χ0) is 9.65. The molecule has 0 atom stereocenters. The van der Waals surface area contributed by atoms with Gasteiger partial charge in [-0.3, -0.25) is 0 Å². The fraction of sp³-hybridized carbons (Fsp3) is 0.500. The van der Waals surface area contributed by atoms with Gasteiger partial charge in [0.1, 0.15) is 0 Å². The summed E-state index contributed by atoms with van der Waals surface area (Å²) in [4.78, 5) is 0. The maximum atomic E-state index is 11.0. The SMILES string of the molecule is CCl.FC(F)=C(F)C(F)(F)F. The first kappa shape index (κ1) is 13.2. The van der Waals surface area contributed by atoms with Crippen LogP contribution in [0.2, 0.25) is 0 Å². The molecule has 0 aliphatic carbocycles. The summed E-state index contributed by atoms with van der Waals surface area (Å²) in [5.41, 5.74) is 0. The summed E-state index contributed by atoms with van der Waals surface area (Å²) in [6.07, 6.45) is -7.43. The standard InChI is InChI=1S/C3F6.CH3Cl/c4-1(2(5)6)3(7,8)9;1-2/h;1H3. The van der Waals surface area contributed by atoms with E-state index in [0.29, 0.717) is 0 Å². The van der Waals surface area contributed by atoms with Crippen molar-refractivity contribution < 1.29 is 26.3 Å². The third kappa shape index (κ3) is 6.03. The van der Waals surface area contributed by atoms with Crippen LogP contribution in [0.15, 0.2) is 11.9 Å². The minimum atomic E-state index is -5.56. The molecule has 0 spiro atoms. The number of halogens is 7. The topological polar surface area (TPSA) is 0 Å². The molecule has 0 aromatic carbocycles. The molecule has 0 saturated carbocycles. The second kappa shape index (κ2) is 5.29. The van der Waals surface area contributed by atoms with Crippen LogP contribution in [-0.4, -0.2) is 12.6 Å². The second-order valence-corrected chi connectivity index (χ2v) is 1.07. The van der Waals surface area contributed by atoms with Crippen LogP contribution >= 0.6 is 11.6 Å². The maximum absolute atomic E-state index is 11.0. The summed E-state index contributed by atoms with van der Waals surface area (Å²) in [5.74, 6) is -3.33. The third-order valence-electron chi connectivity index (χ3n) is 0.415. The van der Waals surface area contributed by atoms with E-state index in [2.05, 4.69) is 11.6 Å². The van der Waals surface area contributed by atoms with E-state index in [-0.39, 0.29) is 0 Å². The van der Waals surface area contributed by atoms with E-state index in [1.165, 1.54) is 6.38 Å². The molecule has 7 heteroatoms. The van der Waals surface area contributed by atoms with E-state index in [9.17, 15) is 26.3 Å². The highest BCUT2D eigenvalue weighted by Gasteiger charge is 2.38. The Hall–Kier alpha value is -0.390. The molecule has 0 N–H and O–H groups in total. The van der Waals surface area contributed by atoms with Gasteiger partial charge in [0, 0.05) is 6.38 Å². The Labute approximate surface area is 63.4 Å². The zero-order valence-electron chi connectivity index (χ0n) is 5.15. The van der Waals surface area contributed by atoms with E-state index < -0.39 is 18.1 Å². The Balaban J connectivity index is 0. The fourth-order valence-corrected chi connectivity index (χ4v) is 0.107. The van der Waals surface area contributed by atoms with Gasteiger partial charge in [0.15, 0.2) is 0 Å². The van der Waals surface area contributed by atoms with Crippen LogP contribution in [0.4, 0.5) is 26.3 Å². The van der Waals surface area contributed by atoms with Crippen molar-refractivity contribution in [2.45, 2.75) is 6.18 Å². The molecule has 0 radical (unpaired) electrons. The van der Waals surface area contributed by atoms with Crippen LogP contribution in [-0.2, 0) is 0 Å². The van der Waals surface area contributed by atoms with Gasteiger partial charge in [-0.05, 0) is 0 Å². The highest BCUT2D eigenvalue weighted by atomic mass is 35.5. The van der Waals surface area contributed by atoms with Crippen molar-refractivity contribution in [1.82, 2.24) is 0 Å². The molecule has 0 fully saturated rings. The number of alkyl halides is 4. The molecule has 0 aliphatic rings. The Morgan fingerprint density at radius 3 is 1.27 bits per heavy atom. The fourth-order valence-electron chi connectivity index (χ4n) is 0.107. The van der Waals surface area contributed by atoms with E-state index in [4.69, 9.17) is 0 Å². The number of hydrogen-bond donors (Lipinski definition) is 0. The Morgan fingerprint density at radius 1 is 1.00 bits per heavy atom. The molecule has 0 amide bonds. The summed E-state index contributed by atoms with van der Waals surface area (Å²) >= 11 is 4.64. The van der Waals surface area contributed by atoms with Crippen LogP contribution < -0.4 is 0 Å². The van der Waals surface area contributed by atoms with Crippen LogP contribution in [0.1, 0.15) is 0 Å². The zero-order valence-corrected chi connectivity index (χ0v) is 5.90. The number of allylic oxidation sites excluding steroid dienone is 1. The molecule has 11 heavy (non-hydrogen) atoms. The maximum Gasteiger partial charge on any atom is 0.448 e. The minimum absolute atomic E-state index is 1.47. The lowest BCUT2D eigenvalue weighted by Gasteiger charge is -1.98. The molecular weight excluding hydrogens is 197 g/mol. The van der Waals surface area contributed by atoms with Crippen LogP contribution in [0.3, 0.4) is 0 Å². The Morgan fingerprint density at radius 2 is 1.27 bits per heavy atom. The summed E-state index contributed by atoms with van der Waals surface area (Å²) in [6, 6.07) is 0. The summed E-state index contributed by atoms with van der Waals surface area (Å²) < 4.78 is 64.8. The first-order valence-corrected chi connectivity index (χ1v) is 2.77. The monoisotopic (exact) mass is 200 g/mol. The van der Waals surface area contributed by atoms with Crippen LogP contribution in [0.5, 0.6) is 0 Å². The van der Waals surface area contributed by atoms with Crippen molar-refractivity contribution >= 4 is 11.6 Å². The van der Waals surface area contributed by atoms with E-state index >= 15 is 0 Å². The Bertz CT molecular complexity index is 132. The van der Waals surface area contributed by atoms with E-state index in [0.717, 1.165) is 0 Å². The van der Waals surface area contributed by atoms with Crippen molar-refractivity contribution in [3.63, 3.8) is 0 Å². The predicted octanol–water partition coefficient (Wildman–Crippen LogP) is 3.48. The van der Waals surface area contributed by atoms with Gasteiger partial charge >= 0.3 is 12.3 Å². The molecule has 0 unspecified atom stereocenters. The molecule has 0 saturated heterocycles. The predicted molar refractivity (Wildman–Crippen MR) is 28.2 cm³/mol. The summed E-state index contributed by atoms with van der Waals surface area (Å²) in [6.45, 7) is 0. The number of hydrogen-bond acceptors (Lipinski definition) is 0. The first-order valence-electron chi connectivity index (χ1n) is 2.01. The van der Waals surface area contributed by atoms with Gasteiger partial charge in [-0.2, -0.15) is 26.3 Å². The van der Waals surface area contributed by atoms with Crippen molar-refractivity contribution in [2.75, 3.05) is 6.38 Å². The normalized spacial score (nSPS) is 9.82. The lowest BCUT2D eigenvalue weighted by atomic mass is 10.6. The molecule has 0 aromatic rings. The molecule has 0 aliphatic heterocycles. The first-order chi connectivity index (χ1) is 4.85. The molecular formula is C4H3ClF6. The van der Waals surface area contributed by atoms with Crippen molar-refractivity contribution in [3.05, 3.63) is 11.9 Å². The molecule has 0 rings (SSSR count). The lowest BCUT2D eigenvalue weighted by Crippen LogP contribution is -2.08. The van der Waals surface area contributed by atoms with Crippen molar-refractivity contribution in [3.8, 4) is 0 Å². The van der Waals surface area contributed by atoms with Gasteiger partial charge in [0.25, 0.3) is 5.83 Å². The van der Waals surface area contributed by atoms with Crippen molar-refractivity contribution in [2.24, 2.45) is 0 Å². The molecule has 0 nitrogen and oxygen atoms in total. The van der Waals surface area contributed by atoms with Crippen LogP contribution in [0, 0.1) is 0 Å². The third-order valence-corrected chi connectivity index (χ3v) is 0.415.